The van der Waals surface area contributed by atoms with Gasteiger partial charge in [-0.15, -0.1) is 0 Å². The van der Waals surface area contributed by atoms with E-state index in [0.29, 0.717) is 0 Å². The Morgan fingerprint density at radius 1 is 1.12 bits per heavy atom. The monoisotopic (exact) mass is 357 g/mol. The first-order chi connectivity index (χ1) is 12.5. The lowest BCUT2D eigenvalue weighted by atomic mass is 9.84. The van der Waals surface area contributed by atoms with Gasteiger partial charge < -0.3 is 15.1 Å². The number of hydrogen-bond donors (Lipinski definition) is 1. The molecule has 1 saturated heterocycles. The van der Waals surface area contributed by atoms with Crippen molar-refractivity contribution in [2.45, 2.75) is 38.1 Å². The second-order valence-electron chi connectivity index (χ2n) is 7.56. The summed E-state index contributed by atoms with van der Waals surface area (Å²) in [6.07, 6.45) is 9.98. The van der Waals surface area contributed by atoms with Gasteiger partial charge in [0.1, 0.15) is 0 Å². The smallest absolute Gasteiger partial charge is 0.225 e. The van der Waals surface area contributed by atoms with E-state index < -0.39 is 0 Å². The van der Waals surface area contributed by atoms with Crippen LogP contribution in [0.3, 0.4) is 0 Å². The van der Waals surface area contributed by atoms with Gasteiger partial charge in [0.25, 0.3) is 0 Å². The van der Waals surface area contributed by atoms with Crippen molar-refractivity contribution in [3.05, 3.63) is 30.9 Å². The molecule has 1 aliphatic heterocycles. The number of hydrogen-bond acceptors (Lipinski definition) is 4. The first-order valence-electron chi connectivity index (χ1n) is 9.54. The van der Waals surface area contributed by atoms with Gasteiger partial charge >= 0.3 is 0 Å². The number of rotatable bonds is 4. The molecule has 1 aromatic heterocycles. The Bertz CT molecular complexity index is 611. The van der Waals surface area contributed by atoms with Crippen LogP contribution in [0.4, 0.5) is 5.69 Å². The largest absolute Gasteiger partial charge is 0.371 e. The molecule has 1 N–H and O–H groups in total. The molecule has 1 aliphatic carbocycles. The van der Waals surface area contributed by atoms with Gasteiger partial charge in [-0.25, -0.2) is 0 Å². The van der Waals surface area contributed by atoms with Crippen LogP contribution in [-0.2, 0) is 9.59 Å². The quantitative estimate of drug-likeness (QED) is 0.893. The van der Waals surface area contributed by atoms with Gasteiger partial charge in [0.15, 0.2) is 0 Å². The Labute approximate surface area is 156 Å². The predicted octanol–water partition coefficient (Wildman–Crippen LogP) is 1.88. The molecule has 6 heteroatoms. The van der Waals surface area contributed by atoms with Crippen molar-refractivity contribution in [2.24, 2.45) is 11.8 Å². The first-order valence-corrected chi connectivity index (χ1v) is 9.54. The zero-order valence-electron chi connectivity index (χ0n) is 15.7. The number of aromatic nitrogens is 1. The van der Waals surface area contributed by atoms with Crippen molar-refractivity contribution in [2.75, 3.05) is 32.1 Å². The van der Waals surface area contributed by atoms with Crippen molar-refractivity contribution >= 4 is 17.5 Å². The molecule has 0 bridgehead atoms. The summed E-state index contributed by atoms with van der Waals surface area (Å²) < 4.78 is 0. The highest BCUT2D eigenvalue weighted by molar-refractivity contribution is 5.80. The molecule has 2 unspecified atom stereocenters. The summed E-state index contributed by atoms with van der Waals surface area (Å²) in [5.41, 5.74) is 1.17. The predicted molar refractivity (Wildman–Crippen MR) is 101 cm³/mol. The minimum absolute atomic E-state index is 0.0170. The van der Waals surface area contributed by atoms with Crippen LogP contribution < -0.4 is 10.2 Å². The summed E-state index contributed by atoms with van der Waals surface area (Å²) in [6, 6.07) is 4.04. The third-order valence-electron chi connectivity index (χ3n) is 5.52. The number of carbonyl (C=O) groups is 2. The Morgan fingerprint density at radius 3 is 2.46 bits per heavy atom. The summed E-state index contributed by atoms with van der Waals surface area (Å²) in [7, 11) is 3.59. The van der Waals surface area contributed by atoms with E-state index in [1.165, 1.54) is 5.69 Å². The van der Waals surface area contributed by atoms with Gasteiger partial charge in [-0.1, -0.05) is 0 Å². The fourth-order valence-electron chi connectivity index (χ4n) is 3.98. The number of nitrogens with zero attached hydrogens (tertiary/aromatic N) is 3. The highest BCUT2D eigenvalue weighted by atomic mass is 16.2. The molecule has 26 heavy (non-hydrogen) atoms. The lowest BCUT2D eigenvalue weighted by molar-refractivity contribution is -0.134. The molecule has 2 aliphatic rings. The highest BCUT2D eigenvalue weighted by Crippen LogP contribution is 2.27. The molecule has 6 nitrogen and oxygen atoms in total. The van der Waals surface area contributed by atoms with Crippen LogP contribution in [0.25, 0.3) is 0 Å². The molecule has 0 spiro atoms. The van der Waals surface area contributed by atoms with E-state index in [9.17, 15) is 9.59 Å². The number of piperidine rings is 1. The second kappa shape index (κ2) is 8.52. The molecule has 1 radical (unpaired) electrons. The molecule has 2 heterocycles. The van der Waals surface area contributed by atoms with Gasteiger partial charge in [0, 0.05) is 63.1 Å². The SMILES string of the molecule is CN(C)C(=O)C1CC[CH]C(NC(=O)C2CCN(c3ccncc3)CC2)C1. The van der Waals surface area contributed by atoms with Crippen LogP contribution in [0, 0.1) is 18.3 Å². The minimum Gasteiger partial charge on any atom is -0.371 e. The van der Waals surface area contributed by atoms with Gasteiger partial charge in [0.2, 0.25) is 11.8 Å². The molecule has 2 atom stereocenters. The van der Waals surface area contributed by atoms with E-state index in [0.717, 1.165) is 45.2 Å². The van der Waals surface area contributed by atoms with Crippen molar-refractivity contribution in [1.29, 1.82) is 0 Å². The fraction of sp³-hybridized carbons (Fsp3) is 0.600. The summed E-state index contributed by atoms with van der Waals surface area (Å²) in [5.74, 6) is 0.391. The number of nitrogens with one attached hydrogen (secondary N) is 1. The summed E-state index contributed by atoms with van der Waals surface area (Å²) in [6.45, 7) is 1.77. The maximum atomic E-state index is 12.7. The first kappa shape index (κ1) is 18.7. The van der Waals surface area contributed by atoms with Crippen molar-refractivity contribution in [1.82, 2.24) is 15.2 Å². The molecule has 141 valence electrons. The van der Waals surface area contributed by atoms with Crippen LogP contribution in [0.2, 0.25) is 0 Å². The Kier molecular flexibility index (Phi) is 6.12. The average molecular weight is 357 g/mol. The standard InChI is InChI=1S/C20H29N4O2/c1-23(2)20(26)16-4-3-5-17(14-16)22-19(25)15-8-12-24(13-9-15)18-6-10-21-11-7-18/h5-7,10-11,15-17H,3-4,8-9,12-14H2,1-2H3,(H,22,25). The lowest BCUT2D eigenvalue weighted by Gasteiger charge is -2.35. The zero-order chi connectivity index (χ0) is 18.5. The topological polar surface area (TPSA) is 65.5 Å². The van der Waals surface area contributed by atoms with E-state index in [1.54, 1.807) is 31.4 Å². The van der Waals surface area contributed by atoms with Crippen LogP contribution in [-0.4, -0.2) is 54.9 Å². The van der Waals surface area contributed by atoms with Crippen molar-refractivity contribution in [3.8, 4) is 0 Å². The van der Waals surface area contributed by atoms with Crippen molar-refractivity contribution in [3.63, 3.8) is 0 Å². The molecule has 3 rings (SSSR count). The Hall–Kier alpha value is -2.11. The highest BCUT2D eigenvalue weighted by Gasteiger charge is 2.31. The average Bonchev–Trinajstić information content (AvgIpc) is 2.68. The van der Waals surface area contributed by atoms with E-state index in [1.807, 2.05) is 12.1 Å². The Balaban J connectivity index is 1.47. The molecule has 2 amide bonds. The van der Waals surface area contributed by atoms with E-state index >= 15 is 0 Å². The zero-order valence-corrected chi connectivity index (χ0v) is 15.7. The minimum atomic E-state index is 0.0170. The molecule has 0 aromatic carbocycles. The number of pyridine rings is 1. The number of amides is 2. The molecular formula is C20H29N4O2. The Morgan fingerprint density at radius 2 is 1.81 bits per heavy atom. The molecule has 1 saturated carbocycles. The van der Waals surface area contributed by atoms with Crippen LogP contribution >= 0.6 is 0 Å². The van der Waals surface area contributed by atoms with Crippen LogP contribution in [0.5, 0.6) is 0 Å². The fourth-order valence-corrected chi connectivity index (χ4v) is 3.98. The lowest BCUT2D eigenvalue weighted by Crippen LogP contribution is -2.46. The molecule has 2 fully saturated rings. The maximum Gasteiger partial charge on any atom is 0.225 e. The third kappa shape index (κ3) is 4.54. The maximum absolute atomic E-state index is 12.7. The van der Waals surface area contributed by atoms with Gasteiger partial charge in [0.05, 0.1) is 0 Å². The van der Waals surface area contributed by atoms with E-state index in [-0.39, 0.29) is 29.7 Å². The summed E-state index contributed by atoms with van der Waals surface area (Å²) in [5, 5.41) is 3.17. The van der Waals surface area contributed by atoms with Crippen LogP contribution in [0.1, 0.15) is 32.1 Å². The normalized spacial score (nSPS) is 24.2. The third-order valence-corrected chi connectivity index (χ3v) is 5.52. The van der Waals surface area contributed by atoms with Gasteiger partial charge in [-0.05, 0) is 50.7 Å². The van der Waals surface area contributed by atoms with Crippen LogP contribution in [0.15, 0.2) is 24.5 Å². The second-order valence-corrected chi connectivity index (χ2v) is 7.56. The number of anilines is 1. The summed E-state index contributed by atoms with van der Waals surface area (Å²) >= 11 is 0. The van der Waals surface area contributed by atoms with Gasteiger partial charge in [-0.3, -0.25) is 14.6 Å². The van der Waals surface area contributed by atoms with Crippen molar-refractivity contribution < 1.29 is 9.59 Å². The van der Waals surface area contributed by atoms with E-state index in [4.69, 9.17) is 0 Å². The molecular weight excluding hydrogens is 328 g/mol. The number of carbonyl (C=O) groups excluding carboxylic acids is 2. The summed E-state index contributed by atoms with van der Waals surface area (Å²) in [4.78, 5) is 32.9. The molecule has 1 aromatic rings. The van der Waals surface area contributed by atoms with E-state index in [2.05, 4.69) is 21.6 Å². The van der Waals surface area contributed by atoms with Gasteiger partial charge in [-0.2, -0.15) is 0 Å².